The molecule has 0 atom stereocenters. The largest absolute Gasteiger partial charge is 0.478 e. The Morgan fingerprint density at radius 3 is 2.10 bits per heavy atom. The third-order valence-corrected chi connectivity index (χ3v) is 2.81. The van der Waals surface area contributed by atoms with Crippen molar-refractivity contribution in [2.45, 2.75) is 6.42 Å². The van der Waals surface area contributed by atoms with Crippen molar-refractivity contribution >= 4 is 17.6 Å². The minimum Gasteiger partial charge on any atom is -0.478 e. The third-order valence-electron chi connectivity index (χ3n) is 2.81. The van der Waals surface area contributed by atoms with Gasteiger partial charge in [0.15, 0.2) is 0 Å². The molecule has 0 saturated carbocycles. The number of anilines is 1. The van der Waals surface area contributed by atoms with Gasteiger partial charge in [0.25, 0.3) is 0 Å². The van der Waals surface area contributed by atoms with Crippen molar-refractivity contribution in [3.8, 4) is 0 Å². The maximum absolute atomic E-state index is 13.4. The summed E-state index contributed by atoms with van der Waals surface area (Å²) < 4.78 is 26.8. The highest BCUT2D eigenvalue weighted by atomic mass is 19.1. The van der Waals surface area contributed by atoms with Crippen LogP contribution in [0.25, 0.3) is 0 Å². The van der Waals surface area contributed by atoms with Gasteiger partial charge >= 0.3 is 5.97 Å². The van der Waals surface area contributed by atoms with Crippen molar-refractivity contribution in [2.24, 2.45) is 0 Å². The van der Waals surface area contributed by atoms with E-state index in [1.165, 1.54) is 30.3 Å². The Morgan fingerprint density at radius 1 is 1.00 bits per heavy atom. The molecule has 0 aliphatic carbocycles. The number of benzene rings is 2. The number of aromatic carboxylic acids is 1. The van der Waals surface area contributed by atoms with E-state index in [4.69, 9.17) is 5.11 Å². The van der Waals surface area contributed by atoms with Gasteiger partial charge in [-0.05, 0) is 36.4 Å². The molecule has 2 aromatic rings. The molecule has 21 heavy (non-hydrogen) atoms. The fraction of sp³-hybridized carbons (Fsp3) is 0.0667. The van der Waals surface area contributed by atoms with Crippen molar-refractivity contribution < 1.29 is 23.5 Å². The first kappa shape index (κ1) is 14.6. The third kappa shape index (κ3) is 3.62. The average molecular weight is 291 g/mol. The lowest BCUT2D eigenvalue weighted by Gasteiger charge is -2.07. The van der Waals surface area contributed by atoms with Crippen LogP contribution in [0.1, 0.15) is 15.9 Å². The summed E-state index contributed by atoms with van der Waals surface area (Å²) in [6.07, 6.45) is -0.445. The smallest absolute Gasteiger partial charge is 0.335 e. The molecule has 6 heteroatoms. The van der Waals surface area contributed by atoms with Crippen molar-refractivity contribution in [1.29, 1.82) is 0 Å². The van der Waals surface area contributed by atoms with E-state index in [1.54, 1.807) is 0 Å². The van der Waals surface area contributed by atoms with Gasteiger partial charge < -0.3 is 10.4 Å². The van der Waals surface area contributed by atoms with Crippen LogP contribution in [-0.4, -0.2) is 17.0 Å². The fourth-order valence-corrected chi connectivity index (χ4v) is 1.76. The van der Waals surface area contributed by atoms with Crippen LogP contribution < -0.4 is 5.32 Å². The van der Waals surface area contributed by atoms with E-state index in [0.29, 0.717) is 5.69 Å². The Kier molecular flexibility index (Phi) is 4.27. The zero-order valence-corrected chi connectivity index (χ0v) is 10.8. The highest BCUT2D eigenvalue weighted by Crippen LogP contribution is 2.14. The first-order chi connectivity index (χ1) is 9.97. The monoisotopic (exact) mass is 291 g/mol. The van der Waals surface area contributed by atoms with E-state index in [-0.39, 0.29) is 11.1 Å². The van der Waals surface area contributed by atoms with Crippen LogP contribution in [0.3, 0.4) is 0 Å². The van der Waals surface area contributed by atoms with Crippen molar-refractivity contribution in [2.75, 3.05) is 5.32 Å². The summed E-state index contributed by atoms with van der Waals surface area (Å²) in [5, 5.41) is 11.2. The number of hydrogen-bond donors (Lipinski definition) is 2. The first-order valence-electron chi connectivity index (χ1n) is 6.03. The summed E-state index contributed by atoms with van der Waals surface area (Å²) in [6, 6.07) is 8.82. The summed E-state index contributed by atoms with van der Waals surface area (Å²) in [5.74, 6) is -3.25. The molecule has 0 aliphatic heterocycles. The van der Waals surface area contributed by atoms with Crippen LogP contribution >= 0.6 is 0 Å². The number of carbonyl (C=O) groups excluding carboxylic acids is 1. The molecule has 0 heterocycles. The predicted molar refractivity (Wildman–Crippen MR) is 72.1 cm³/mol. The van der Waals surface area contributed by atoms with Crippen molar-refractivity contribution in [1.82, 2.24) is 0 Å². The van der Waals surface area contributed by atoms with Gasteiger partial charge in [-0.3, -0.25) is 4.79 Å². The molecule has 1 amide bonds. The average Bonchev–Trinajstić information content (AvgIpc) is 2.43. The number of carboxylic acids is 1. The summed E-state index contributed by atoms with van der Waals surface area (Å²) in [7, 11) is 0. The van der Waals surface area contributed by atoms with Gasteiger partial charge in [0.05, 0.1) is 12.0 Å². The Balaban J connectivity index is 2.06. The van der Waals surface area contributed by atoms with E-state index in [2.05, 4.69) is 5.32 Å². The highest BCUT2D eigenvalue weighted by molar-refractivity contribution is 5.93. The Labute approximate surface area is 119 Å². The van der Waals surface area contributed by atoms with Crippen LogP contribution in [0.4, 0.5) is 14.5 Å². The number of amides is 1. The molecule has 108 valence electrons. The molecule has 0 radical (unpaired) electrons. The standard InChI is InChI=1S/C15H11F2NO3/c16-12-2-1-3-13(17)11(12)8-14(19)18-10-6-4-9(5-7-10)15(20)21/h1-7H,8H2,(H,18,19)(H,20,21). The summed E-state index contributed by atoms with van der Waals surface area (Å²) in [6.45, 7) is 0. The SMILES string of the molecule is O=C(Cc1c(F)cccc1F)Nc1ccc(C(=O)O)cc1. The van der Waals surface area contributed by atoms with Crippen molar-refractivity contribution in [3.63, 3.8) is 0 Å². The molecule has 0 aliphatic rings. The molecular weight excluding hydrogens is 280 g/mol. The van der Waals surface area contributed by atoms with E-state index in [0.717, 1.165) is 12.1 Å². The lowest BCUT2D eigenvalue weighted by molar-refractivity contribution is -0.115. The Morgan fingerprint density at radius 2 is 1.57 bits per heavy atom. The minimum absolute atomic E-state index is 0.0770. The zero-order chi connectivity index (χ0) is 15.4. The maximum Gasteiger partial charge on any atom is 0.335 e. The van der Waals surface area contributed by atoms with Gasteiger partial charge in [-0.1, -0.05) is 6.07 Å². The summed E-state index contributed by atoms with van der Waals surface area (Å²) in [4.78, 5) is 22.4. The first-order valence-corrected chi connectivity index (χ1v) is 6.03. The second kappa shape index (κ2) is 6.13. The molecule has 2 N–H and O–H groups in total. The quantitative estimate of drug-likeness (QED) is 0.910. The minimum atomic E-state index is -1.08. The molecule has 0 unspecified atom stereocenters. The number of rotatable bonds is 4. The Hall–Kier alpha value is -2.76. The lowest BCUT2D eigenvalue weighted by Crippen LogP contribution is -2.16. The molecule has 2 rings (SSSR count). The lowest BCUT2D eigenvalue weighted by atomic mass is 10.1. The van der Waals surface area contributed by atoms with Gasteiger partial charge in [-0.15, -0.1) is 0 Å². The van der Waals surface area contributed by atoms with Gasteiger partial charge in [-0.25, -0.2) is 13.6 Å². The Bertz CT molecular complexity index is 664. The van der Waals surface area contributed by atoms with E-state index < -0.39 is 29.9 Å². The fourth-order valence-electron chi connectivity index (χ4n) is 1.76. The molecular formula is C15H11F2NO3. The van der Waals surface area contributed by atoms with E-state index in [9.17, 15) is 18.4 Å². The summed E-state index contributed by atoms with van der Waals surface area (Å²) >= 11 is 0. The zero-order valence-electron chi connectivity index (χ0n) is 10.8. The van der Waals surface area contributed by atoms with Gasteiger partial charge in [0, 0.05) is 11.3 Å². The van der Waals surface area contributed by atoms with Crippen LogP contribution in [-0.2, 0) is 11.2 Å². The molecule has 0 saturated heterocycles. The summed E-state index contributed by atoms with van der Waals surface area (Å²) in [5.41, 5.74) is 0.118. The normalized spacial score (nSPS) is 10.2. The van der Waals surface area contributed by atoms with Crippen molar-refractivity contribution in [3.05, 3.63) is 65.2 Å². The number of nitrogens with one attached hydrogen (secondary N) is 1. The number of carbonyl (C=O) groups is 2. The second-order valence-electron chi connectivity index (χ2n) is 4.31. The molecule has 0 spiro atoms. The number of halogens is 2. The van der Waals surface area contributed by atoms with Crippen LogP contribution in [0, 0.1) is 11.6 Å². The highest BCUT2D eigenvalue weighted by Gasteiger charge is 2.13. The number of carboxylic acid groups (broad SMARTS) is 1. The molecule has 0 bridgehead atoms. The molecule has 4 nitrogen and oxygen atoms in total. The van der Waals surface area contributed by atoms with E-state index >= 15 is 0 Å². The molecule has 2 aromatic carbocycles. The topological polar surface area (TPSA) is 66.4 Å². The van der Waals surface area contributed by atoms with Crippen LogP contribution in [0.2, 0.25) is 0 Å². The maximum atomic E-state index is 13.4. The van der Waals surface area contributed by atoms with Gasteiger partial charge in [-0.2, -0.15) is 0 Å². The van der Waals surface area contributed by atoms with Gasteiger partial charge in [0.1, 0.15) is 11.6 Å². The predicted octanol–water partition coefficient (Wildman–Crippen LogP) is 2.84. The van der Waals surface area contributed by atoms with Crippen LogP contribution in [0.5, 0.6) is 0 Å². The van der Waals surface area contributed by atoms with Crippen LogP contribution in [0.15, 0.2) is 42.5 Å². The molecule has 0 aromatic heterocycles. The van der Waals surface area contributed by atoms with Gasteiger partial charge in [0.2, 0.25) is 5.91 Å². The molecule has 0 fully saturated rings. The van der Waals surface area contributed by atoms with E-state index in [1.807, 2.05) is 0 Å². The second-order valence-corrected chi connectivity index (χ2v) is 4.31. The number of hydrogen-bond acceptors (Lipinski definition) is 2.